The highest BCUT2D eigenvalue weighted by atomic mass is 32.2. The molecule has 0 heterocycles. The predicted molar refractivity (Wildman–Crippen MR) is 145 cm³/mol. The molecule has 0 radical (unpaired) electrons. The second-order valence-corrected chi connectivity index (χ2v) is 9.31. The Morgan fingerprint density at radius 1 is 0.912 bits per heavy atom. The van der Waals surface area contributed by atoms with Gasteiger partial charge >= 0.3 is 5.97 Å². The lowest BCUT2D eigenvalue weighted by Gasteiger charge is -2.29. The second kappa shape index (κ2) is 16.8. The molecule has 1 rings (SSSR count). The van der Waals surface area contributed by atoms with Gasteiger partial charge in [0.05, 0.1) is 4.75 Å². The van der Waals surface area contributed by atoms with E-state index in [0.29, 0.717) is 18.5 Å². The lowest BCUT2D eigenvalue weighted by Crippen LogP contribution is -2.39. The van der Waals surface area contributed by atoms with Crippen molar-refractivity contribution in [3.05, 3.63) is 72.4 Å². The molecule has 0 atom stereocenters. The minimum Gasteiger partial charge on any atom is -0.507 e. The number of phenols is 1. The van der Waals surface area contributed by atoms with Crippen LogP contribution in [0.1, 0.15) is 76.1 Å². The molecule has 3 N–H and O–H groups in total. The van der Waals surface area contributed by atoms with Crippen LogP contribution >= 0.6 is 11.8 Å². The Hall–Kier alpha value is -2.73. The third kappa shape index (κ3) is 10.5. The zero-order chi connectivity index (χ0) is 25.2. The van der Waals surface area contributed by atoms with Gasteiger partial charge in [-0.15, -0.1) is 11.8 Å². The molecule has 6 heteroatoms. The van der Waals surface area contributed by atoms with Crippen LogP contribution in [0.5, 0.6) is 5.75 Å². The average molecular weight is 486 g/mol. The minimum absolute atomic E-state index is 0.144. The Bertz CT molecular complexity index is 882. The molecule has 0 spiro atoms. The largest absolute Gasteiger partial charge is 0.507 e. The van der Waals surface area contributed by atoms with Gasteiger partial charge in [-0.05, 0) is 68.9 Å². The van der Waals surface area contributed by atoms with Crippen molar-refractivity contribution in [1.29, 1.82) is 0 Å². The summed E-state index contributed by atoms with van der Waals surface area (Å²) in [5, 5.41) is 21.7. The summed E-state index contributed by atoms with van der Waals surface area (Å²) in [6.45, 7) is 6.12. The lowest BCUT2D eigenvalue weighted by atomic mass is 10.0. The summed E-state index contributed by atoms with van der Waals surface area (Å²) in [6, 6.07) is 4.08. The highest BCUT2D eigenvalue weighted by Crippen LogP contribution is 2.35. The smallest absolute Gasteiger partial charge is 0.339 e. The number of thioether (sulfide) groups is 1. The fourth-order valence-corrected chi connectivity index (χ4v) is 4.53. The summed E-state index contributed by atoms with van der Waals surface area (Å²) in [4.78, 5) is 24.3. The maximum absolute atomic E-state index is 13.0. The van der Waals surface area contributed by atoms with E-state index in [2.05, 4.69) is 60.8 Å². The van der Waals surface area contributed by atoms with E-state index >= 15 is 0 Å². The number of rotatable bonds is 16. The number of carbonyl (C=O) groups excluding carboxylic acids is 1. The zero-order valence-electron chi connectivity index (χ0n) is 20.6. The van der Waals surface area contributed by atoms with Crippen LogP contribution in [-0.2, 0) is 4.79 Å². The van der Waals surface area contributed by atoms with Gasteiger partial charge in [-0.1, -0.05) is 69.4 Å². The van der Waals surface area contributed by atoms with E-state index in [0.717, 1.165) is 37.9 Å². The van der Waals surface area contributed by atoms with E-state index in [1.165, 1.54) is 18.2 Å². The van der Waals surface area contributed by atoms with Crippen molar-refractivity contribution in [3.63, 3.8) is 0 Å². The van der Waals surface area contributed by atoms with E-state index in [1.807, 2.05) is 13.8 Å². The molecule has 0 aliphatic rings. The molecule has 0 unspecified atom stereocenters. The Balaban J connectivity index is 2.49. The Morgan fingerprint density at radius 3 is 2.00 bits per heavy atom. The quantitative estimate of drug-likeness (QED) is 0.128. The van der Waals surface area contributed by atoms with E-state index in [1.54, 1.807) is 11.8 Å². The van der Waals surface area contributed by atoms with Gasteiger partial charge in [0.15, 0.2) is 0 Å². The number of carboxylic acids is 1. The predicted octanol–water partition coefficient (Wildman–Crippen LogP) is 7.52. The first-order valence-electron chi connectivity index (χ1n) is 12.0. The molecule has 1 aromatic rings. The third-order valence-electron chi connectivity index (χ3n) is 5.42. The van der Waals surface area contributed by atoms with Crippen LogP contribution in [0.2, 0.25) is 0 Å². The van der Waals surface area contributed by atoms with Crippen LogP contribution in [0.4, 0.5) is 5.69 Å². The van der Waals surface area contributed by atoms with Crippen LogP contribution in [0.25, 0.3) is 0 Å². The molecule has 0 fully saturated rings. The van der Waals surface area contributed by atoms with Crippen molar-refractivity contribution in [1.82, 2.24) is 0 Å². The first-order chi connectivity index (χ1) is 16.4. The van der Waals surface area contributed by atoms with Crippen molar-refractivity contribution in [2.75, 3.05) is 11.1 Å². The van der Waals surface area contributed by atoms with Crippen LogP contribution in [-0.4, -0.2) is 32.6 Å². The Labute approximate surface area is 208 Å². The van der Waals surface area contributed by atoms with Crippen LogP contribution < -0.4 is 5.32 Å². The first kappa shape index (κ1) is 29.3. The average Bonchev–Trinajstić information content (AvgIpc) is 2.83. The summed E-state index contributed by atoms with van der Waals surface area (Å²) >= 11 is 1.63. The molecule has 1 amide bonds. The molecular formula is C28H39NO4S. The molecule has 0 saturated carbocycles. The van der Waals surface area contributed by atoms with Crippen LogP contribution in [0, 0.1) is 0 Å². The maximum atomic E-state index is 13.0. The Morgan fingerprint density at radius 2 is 1.47 bits per heavy atom. The molecule has 0 bridgehead atoms. The van der Waals surface area contributed by atoms with Gasteiger partial charge in [0, 0.05) is 5.69 Å². The number of carboxylic acid groups (broad SMARTS) is 1. The number of anilines is 1. The summed E-state index contributed by atoms with van der Waals surface area (Å²) in [6.07, 6.45) is 23.5. The number of carbonyl (C=O) groups is 2. The zero-order valence-corrected chi connectivity index (χ0v) is 21.4. The third-order valence-corrected chi connectivity index (χ3v) is 7.18. The summed E-state index contributed by atoms with van der Waals surface area (Å²) in [7, 11) is 0. The van der Waals surface area contributed by atoms with Gasteiger partial charge in [0.2, 0.25) is 5.91 Å². The summed E-state index contributed by atoms with van der Waals surface area (Å²) in [5.74, 6) is -0.887. The van der Waals surface area contributed by atoms with Crippen LogP contribution in [0.3, 0.4) is 0 Å². The van der Waals surface area contributed by atoms with Crippen molar-refractivity contribution in [3.8, 4) is 5.75 Å². The normalized spacial score (nSPS) is 12.4. The second-order valence-electron chi connectivity index (χ2n) is 7.83. The molecule has 186 valence electrons. The van der Waals surface area contributed by atoms with Gasteiger partial charge < -0.3 is 15.5 Å². The number of amides is 1. The van der Waals surface area contributed by atoms with Gasteiger partial charge in [0.1, 0.15) is 11.3 Å². The van der Waals surface area contributed by atoms with Crippen molar-refractivity contribution in [2.24, 2.45) is 0 Å². The van der Waals surface area contributed by atoms with Gasteiger partial charge in [-0.2, -0.15) is 0 Å². The molecule has 0 aliphatic heterocycles. The van der Waals surface area contributed by atoms with Gasteiger partial charge in [0.25, 0.3) is 0 Å². The molecule has 0 aromatic heterocycles. The van der Waals surface area contributed by atoms with E-state index < -0.39 is 10.7 Å². The SMILES string of the molecule is CCC=CCC=CCC=CCC=CCCSC(CC)(CC)C(=O)Nc1ccc(O)c(C(=O)O)c1. The topological polar surface area (TPSA) is 86.6 Å². The van der Waals surface area contributed by atoms with Crippen molar-refractivity contribution >= 4 is 29.3 Å². The molecule has 5 nitrogen and oxygen atoms in total. The van der Waals surface area contributed by atoms with Gasteiger partial charge in [-0.25, -0.2) is 4.79 Å². The number of aromatic carboxylic acids is 1. The highest BCUT2D eigenvalue weighted by molar-refractivity contribution is 8.01. The van der Waals surface area contributed by atoms with E-state index in [4.69, 9.17) is 0 Å². The molecule has 34 heavy (non-hydrogen) atoms. The number of hydrogen-bond donors (Lipinski definition) is 3. The number of hydrogen-bond acceptors (Lipinski definition) is 4. The number of nitrogens with one attached hydrogen (secondary N) is 1. The number of benzene rings is 1. The summed E-state index contributed by atoms with van der Waals surface area (Å²) in [5.41, 5.74) is 0.134. The highest BCUT2D eigenvalue weighted by Gasteiger charge is 2.35. The molecule has 1 aromatic carbocycles. The fourth-order valence-electron chi connectivity index (χ4n) is 3.29. The monoisotopic (exact) mass is 485 g/mol. The van der Waals surface area contributed by atoms with Crippen molar-refractivity contribution in [2.45, 2.75) is 70.5 Å². The van der Waals surface area contributed by atoms with Crippen LogP contribution in [0.15, 0.2) is 66.8 Å². The maximum Gasteiger partial charge on any atom is 0.339 e. The van der Waals surface area contributed by atoms with Crippen molar-refractivity contribution < 1.29 is 19.8 Å². The van der Waals surface area contributed by atoms with E-state index in [-0.39, 0.29) is 17.2 Å². The molecule has 0 saturated heterocycles. The van der Waals surface area contributed by atoms with Gasteiger partial charge in [-0.3, -0.25) is 4.79 Å². The molecular weight excluding hydrogens is 446 g/mol. The first-order valence-corrected chi connectivity index (χ1v) is 13.0. The fraction of sp³-hybridized carbons (Fsp3) is 0.429. The lowest BCUT2D eigenvalue weighted by molar-refractivity contribution is -0.118. The van der Waals surface area contributed by atoms with E-state index in [9.17, 15) is 19.8 Å². The number of allylic oxidation sites excluding steroid dienone is 8. The molecule has 0 aliphatic carbocycles. The standard InChI is InChI=1S/C28H39NO4S/c1-4-7-8-9-10-11-12-13-14-15-16-17-18-21-34-28(5-2,6-3)27(33)29-23-19-20-25(30)24(22-23)26(31)32/h7-8,10-11,13-14,16-17,19-20,22,30H,4-6,9,12,15,18,21H2,1-3H3,(H,29,33)(H,31,32). The summed E-state index contributed by atoms with van der Waals surface area (Å²) < 4.78 is -0.590. The number of aromatic hydroxyl groups is 1. The minimum atomic E-state index is -1.24. The Kier molecular flexibility index (Phi) is 14.5.